The predicted octanol–water partition coefficient (Wildman–Crippen LogP) is 0.444. The number of halogens is 2. The van der Waals surface area contributed by atoms with Gasteiger partial charge in [-0.05, 0) is 13.8 Å². The molecule has 0 unspecified atom stereocenters. The molecular weight excluding hydrogens is 230 g/mol. The molecule has 1 aromatic rings. The zero-order valence-electron chi connectivity index (χ0n) is 8.05. The molecule has 1 aromatic heterocycles. The fourth-order valence-electron chi connectivity index (χ4n) is 1.12. The van der Waals surface area contributed by atoms with Crippen LogP contribution in [0.3, 0.4) is 0 Å². The summed E-state index contributed by atoms with van der Waals surface area (Å²) < 4.78 is 47.7. The van der Waals surface area contributed by atoms with Gasteiger partial charge in [0.05, 0.1) is 0 Å². The molecule has 0 aliphatic carbocycles. The molecule has 0 aromatic carbocycles. The number of aromatic nitrogens is 3. The fourth-order valence-corrected chi connectivity index (χ4v) is 1.85. The van der Waals surface area contributed by atoms with Crippen molar-refractivity contribution in [2.24, 2.45) is 5.14 Å². The zero-order valence-corrected chi connectivity index (χ0v) is 8.87. The summed E-state index contributed by atoms with van der Waals surface area (Å²) in [6.07, 6.45) is -2.89. The van der Waals surface area contributed by atoms with Gasteiger partial charge in [-0.1, -0.05) is 0 Å². The van der Waals surface area contributed by atoms with Gasteiger partial charge < -0.3 is 0 Å². The molecule has 2 N–H and O–H groups in total. The van der Waals surface area contributed by atoms with E-state index in [1.54, 1.807) is 0 Å². The van der Waals surface area contributed by atoms with E-state index in [0.29, 0.717) is 0 Å². The van der Waals surface area contributed by atoms with Gasteiger partial charge in [-0.25, -0.2) is 22.3 Å². The maximum Gasteiger partial charge on any atom is 0.297 e. The number of nitrogens with two attached hydrogens (primary N) is 1. The fraction of sp³-hybridized carbons (Fsp3) is 0.667. The highest BCUT2D eigenvalue weighted by Crippen LogP contribution is 2.22. The minimum atomic E-state index is -4.14. The van der Waals surface area contributed by atoms with Crippen molar-refractivity contribution in [3.05, 3.63) is 5.82 Å². The number of alkyl halides is 2. The van der Waals surface area contributed by atoms with Crippen molar-refractivity contribution in [1.29, 1.82) is 0 Å². The lowest BCUT2D eigenvalue weighted by molar-refractivity contribution is 0.132. The highest BCUT2D eigenvalue weighted by molar-refractivity contribution is 7.89. The molecule has 0 radical (unpaired) electrons. The molecule has 0 fully saturated rings. The van der Waals surface area contributed by atoms with E-state index in [2.05, 4.69) is 10.2 Å². The van der Waals surface area contributed by atoms with Crippen LogP contribution >= 0.6 is 0 Å². The molecular formula is C6H10F2N4O2S. The Morgan fingerprint density at radius 2 is 1.87 bits per heavy atom. The van der Waals surface area contributed by atoms with Crippen molar-refractivity contribution < 1.29 is 17.2 Å². The largest absolute Gasteiger partial charge is 0.297 e. The van der Waals surface area contributed by atoms with Crippen LogP contribution in [0.2, 0.25) is 0 Å². The maximum atomic E-state index is 12.4. The number of rotatable bonds is 3. The van der Waals surface area contributed by atoms with Gasteiger partial charge in [0, 0.05) is 6.04 Å². The van der Waals surface area contributed by atoms with Crippen LogP contribution in [0.4, 0.5) is 8.78 Å². The van der Waals surface area contributed by atoms with Crippen LogP contribution in [0.25, 0.3) is 0 Å². The van der Waals surface area contributed by atoms with E-state index in [1.807, 2.05) is 0 Å². The van der Waals surface area contributed by atoms with E-state index in [9.17, 15) is 17.2 Å². The van der Waals surface area contributed by atoms with Crippen molar-refractivity contribution in [3.63, 3.8) is 0 Å². The quantitative estimate of drug-likeness (QED) is 0.830. The topological polar surface area (TPSA) is 90.9 Å². The molecule has 15 heavy (non-hydrogen) atoms. The first kappa shape index (κ1) is 12.0. The summed E-state index contributed by atoms with van der Waals surface area (Å²) in [5.74, 6) is -0.700. The van der Waals surface area contributed by atoms with Gasteiger partial charge >= 0.3 is 0 Å². The number of hydrogen-bond donors (Lipinski definition) is 1. The van der Waals surface area contributed by atoms with Crippen molar-refractivity contribution >= 4 is 10.0 Å². The summed E-state index contributed by atoms with van der Waals surface area (Å²) >= 11 is 0. The standard InChI is InChI=1S/C6H10F2N4O2S/c1-3(2)12-5(4(7)8)10-11-6(12)15(9,13)14/h3-4H,1-2H3,(H2,9,13,14). The summed E-state index contributed by atoms with van der Waals surface area (Å²) in [5, 5.41) is 10.4. The SMILES string of the molecule is CC(C)n1c(C(F)F)nnc1S(N)(=O)=O. The van der Waals surface area contributed by atoms with Crippen molar-refractivity contribution in [2.75, 3.05) is 0 Å². The van der Waals surface area contributed by atoms with Gasteiger partial charge in [0.15, 0.2) is 0 Å². The van der Waals surface area contributed by atoms with Gasteiger partial charge in [-0.3, -0.25) is 4.57 Å². The van der Waals surface area contributed by atoms with E-state index < -0.39 is 33.5 Å². The van der Waals surface area contributed by atoms with Crippen LogP contribution in [-0.4, -0.2) is 23.2 Å². The van der Waals surface area contributed by atoms with Crippen molar-refractivity contribution in [2.45, 2.75) is 31.5 Å². The number of sulfonamides is 1. The van der Waals surface area contributed by atoms with Gasteiger partial charge in [-0.15, -0.1) is 10.2 Å². The summed E-state index contributed by atoms with van der Waals surface area (Å²) in [7, 11) is -4.14. The lowest BCUT2D eigenvalue weighted by Crippen LogP contribution is -2.20. The third-order valence-corrected chi connectivity index (χ3v) is 2.44. The molecule has 0 aliphatic rings. The van der Waals surface area contributed by atoms with Crippen LogP contribution in [0.15, 0.2) is 5.16 Å². The van der Waals surface area contributed by atoms with Crippen LogP contribution in [0.5, 0.6) is 0 Å². The van der Waals surface area contributed by atoms with Crippen LogP contribution < -0.4 is 5.14 Å². The molecule has 86 valence electrons. The second-order valence-corrected chi connectivity index (χ2v) is 4.61. The molecule has 9 heteroatoms. The van der Waals surface area contributed by atoms with E-state index in [-0.39, 0.29) is 0 Å². The second kappa shape index (κ2) is 3.81. The van der Waals surface area contributed by atoms with Gasteiger partial charge in [0.25, 0.3) is 21.6 Å². The summed E-state index contributed by atoms with van der Waals surface area (Å²) in [4.78, 5) is 0. The molecule has 6 nitrogen and oxygen atoms in total. The summed E-state index contributed by atoms with van der Waals surface area (Å²) in [6, 6.07) is -0.516. The van der Waals surface area contributed by atoms with Gasteiger partial charge in [0.2, 0.25) is 5.82 Å². The lowest BCUT2D eigenvalue weighted by Gasteiger charge is -2.11. The van der Waals surface area contributed by atoms with Crippen LogP contribution in [0.1, 0.15) is 32.1 Å². The molecule has 0 atom stereocenters. The highest BCUT2D eigenvalue weighted by Gasteiger charge is 2.27. The molecule has 0 spiro atoms. The Labute approximate surface area is 85.1 Å². The van der Waals surface area contributed by atoms with Gasteiger partial charge in [0.1, 0.15) is 0 Å². The Bertz CT molecular complexity index is 454. The molecule has 0 bridgehead atoms. The molecule has 0 saturated heterocycles. The average Bonchev–Trinajstić information content (AvgIpc) is 2.45. The van der Waals surface area contributed by atoms with Crippen molar-refractivity contribution in [1.82, 2.24) is 14.8 Å². The Morgan fingerprint density at radius 1 is 1.33 bits per heavy atom. The molecule has 0 saturated carbocycles. The zero-order chi connectivity index (χ0) is 11.8. The van der Waals surface area contributed by atoms with E-state index in [1.165, 1.54) is 13.8 Å². The molecule has 1 heterocycles. The Balaban J connectivity index is 3.44. The minimum absolute atomic E-state index is 0.516. The number of primary sulfonamides is 1. The average molecular weight is 240 g/mol. The van der Waals surface area contributed by atoms with E-state index >= 15 is 0 Å². The first-order chi connectivity index (χ1) is 6.75. The molecule has 1 rings (SSSR count). The first-order valence-corrected chi connectivity index (χ1v) is 5.55. The molecule has 0 amide bonds. The normalized spacial score (nSPS) is 12.7. The smallest absolute Gasteiger partial charge is 0.293 e. The van der Waals surface area contributed by atoms with Gasteiger partial charge in [-0.2, -0.15) is 0 Å². The maximum absolute atomic E-state index is 12.4. The minimum Gasteiger partial charge on any atom is -0.293 e. The van der Waals surface area contributed by atoms with E-state index in [4.69, 9.17) is 5.14 Å². The predicted molar refractivity (Wildman–Crippen MR) is 46.7 cm³/mol. The third-order valence-electron chi connectivity index (χ3n) is 1.66. The third kappa shape index (κ3) is 2.29. The summed E-state index contributed by atoms with van der Waals surface area (Å²) in [6.45, 7) is 3.06. The Hall–Kier alpha value is -1.09. The van der Waals surface area contributed by atoms with Crippen LogP contribution in [0, 0.1) is 0 Å². The number of hydrogen-bond acceptors (Lipinski definition) is 4. The van der Waals surface area contributed by atoms with Crippen LogP contribution in [-0.2, 0) is 10.0 Å². The number of nitrogens with zero attached hydrogens (tertiary/aromatic N) is 3. The molecule has 0 aliphatic heterocycles. The van der Waals surface area contributed by atoms with E-state index in [0.717, 1.165) is 4.57 Å². The Kier molecular flexibility index (Phi) is 3.05. The monoisotopic (exact) mass is 240 g/mol. The lowest BCUT2D eigenvalue weighted by atomic mass is 10.4. The Morgan fingerprint density at radius 3 is 2.20 bits per heavy atom. The second-order valence-electron chi connectivity index (χ2n) is 3.15. The first-order valence-electron chi connectivity index (χ1n) is 4.01. The highest BCUT2D eigenvalue weighted by atomic mass is 32.2. The van der Waals surface area contributed by atoms with Crippen molar-refractivity contribution in [3.8, 4) is 0 Å². The summed E-state index contributed by atoms with van der Waals surface area (Å²) in [5.41, 5.74) is 0.